The zero-order valence-electron chi connectivity index (χ0n) is 10.5. The van der Waals surface area contributed by atoms with Crippen LogP contribution >= 0.6 is 0 Å². The topological polar surface area (TPSA) is 73.7 Å². The molecular weight excluding hydrogens is 244 g/mol. The van der Waals surface area contributed by atoms with Gasteiger partial charge in [-0.2, -0.15) is 0 Å². The van der Waals surface area contributed by atoms with Crippen molar-refractivity contribution in [3.63, 3.8) is 0 Å². The van der Waals surface area contributed by atoms with Crippen molar-refractivity contribution in [1.82, 2.24) is 9.88 Å². The first-order chi connectivity index (χ1) is 9.26. The van der Waals surface area contributed by atoms with E-state index < -0.39 is 0 Å². The van der Waals surface area contributed by atoms with Crippen molar-refractivity contribution in [2.24, 2.45) is 0 Å². The number of aromatic nitrogens is 1. The molecule has 100 valence electrons. The van der Waals surface area contributed by atoms with Gasteiger partial charge in [-0.3, -0.25) is 9.78 Å². The van der Waals surface area contributed by atoms with Crippen molar-refractivity contribution in [2.45, 2.75) is 0 Å². The maximum absolute atomic E-state index is 12.2. The number of amides is 1. The molecule has 0 aliphatic carbocycles. The minimum absolute atomic E-state index is 0.132. The fraction of sp³-hybridized carbons (Fsp3) is 0.286. The molecule has 0 unspecified atom stereocenters. The SMILES string of the molecule is O=C(c1cnc2ccccc2c1)N(CCO)CCO. The van der Waals surface area contributed by atoms with E-state index in [4.69, 9.17) is 10.2 Å². The largest absolute Gasteiger partial charge is 0.395 e. The maximum atomic E-state index is 12.2. The summed E-state index contributed by atoms with van der Waals surface area (Å²) in [6, 6.07) is 9.31. The van der Waals surface area contributed by atoms with Gasteiger partial charge in [0.25, 0.3) is 5.91 Å². The molecular formula is C14H16N2O3. The van der Waals surface area contributed by atoms with Crippen molar-refractivity contribution in [2.75, 3.05) is 26.3 Å². The van der Waals surface area contributed by atoms with Gasteiger partial charge in [-0.05, 0) is 12.1 Å². The first-order valence-corrected chi connectivity index (χ1v) is 6.12. The monoisotopic (exact) mass is 260 g/mol. The van der Waals surface area contributed by atoms with E-state index >= 15 is 0 Å². The lowest BCUT2D eigenvalue weighted by molar-refractivity contribution is 0.0684. The van der Waals surface area contributed by atoms with E-state index in [0.717, 1.165) is 10.9 Å². The number of fused-ring (bicyclic) bond motifs is 1. The molecule has 1 amide bonds. The fourth-order valence-electron chi connectivity index (χ4n) is 1.93. The highest BCUT2D eigenvalue weighted by atomic mass is 16.3. The molecule has 1 aromatic heterocycles. The van der Waals surface area contributed by atoms with Gasteiger partial charge in [-0.15, -0.1) is 0 Å². The van der Waals surface area contributed by atoms with Crippen LogP contribution in [0.4, 0.5) is 0 Å². The van der Waals surface area contributed by atoms with Gasteiger partial charge in [0.2, 0.25) is 0 Å². The fourth-order valence-corrected chi connectivity index (χ4v) is 1.93. The second-order valence-corrected chi connectivity index (χ2v) is 4.16. The summed E-state index contributed by atoms with van der Waals surface area (Å²) in [5, 5.41) is 18.8. The van der Waals surface area contributed by atoms with Crippen molar-refractivity contribution >= 4 is 16.8 Å². The van der Waals surface area contributed by atoms with Gasteiger partial charge in [0, 0.05) is 24.7 Å². The molecule has 0 spiro atoms. The smallest absolute Gasteiger partial charge is 0.255 e. The lowest BCUT2D eigenvalue weighted by atomic mass is 10.1. The summed E-state index contributed by atoms with van der Waals surface area (Å²) in [4.78, 5) is 17.9. The summed E-state index contributed by atoms with van der Waals surface area (Å²) < 4.78 is 0. The number of rotatable bonds is 5. The molecule has 2 aromatic rings. The van der Waals surface area contributed by atoms with E-state index in [1.807, 2.05) is 24.3 Å². The van der Waals surface area contributed by atoms with E-state index in [1.165, 1.54) is 11.1 Å². The summed E-state index contributed by atoms with van der Waals surface area (Å²) >= 11 is 0. The molecule has 0 bridgehead atoms. The summed E-state index contributed by atoms with van der Waals surface area (Å²) in [6.45, 7) is 0.137. The Morgan fingerprint density at radius 2 is 1.84 bits per heavy atom. The molecule has 5 nitrogen and oxygen atoms in total. The molecule has 2 N–H and O–H groups in total. The Balaban J connectivity index is 2.29. The standard InChI is InChI=1S/C14H16N2O3/c17-7-5-16(6-8-18)14(19)12-9-11-3-1-2-4-13(11)15-10-12/h1-4,9-10,17-18H,5-8H2. The molecule has 1 aromatic carbocycles. The molecule has 2 rings (SSSR count). The normalized spacial score (nSPS) is 10.6. The van der Waals surface area contributed by atoms with Crippen LogP contribution in [0, 0.1) is 0 Å². The molecule has 0 saturated heterocycles. The van der Waals surface area contributed by atoms with Crippen molar-refractivity contribution in [3.05, 3.63) is 42.1 Å². The summed E-state index contributed by atoms with van der Waals surface area (Å²) in [5.74, 6) is -0.235. The minimum atomic E-state index is -0.235. The van der Waals surface area contributed by atoms with Crippen LogP contribution in [0.25, 0.3) is 10.9 Å². The Morgan fingerprint density at radius 1 is 1.16 bits per heavy atom. The Kier molecular flexibility index (Phi) is 4.43. The summed E-state index contributed by atoms with van der Waals surface area (Å²) in [6.07, 6.45) is 1.52. The van der Waals surface area contributed by atoms with Crippen LogP contribution in [0.5, 0.6) is 0 Å². The van der Waals surface area contributed by atoms with Gasteiger partial charge in [0.1, 0.15) is 0 Å². The average Bonchev–Trinajstić information content (AvgIpc) is 2.46. The first kappa shape index (κ1) is 13.5. The third kappa shape index (κ3) is 3.07. The predicted octanol–water partition coefficient (Wildman–Crippen LogP) is 0.662. The van der Waals surface area contributed by atoms with Gasteiger partial charge in [-0.1, -0.05) is 18.2 Å². The van der Waals surface area contributed by atoms with Gasteiger partial charge in [0.05, 0.1) is 24.3 Å². The lowest BCUT2D eigenvalue weighted by Gasteiger charge is -2.20. The molecule has 0 aliphatic heterocycles. The van der Waals surface area contributed by atoms with Crippen LogP contribution in [-0.2, 0) is 0 Å². The molecule has 19 heavy (non-hydrogen) atoms. The minimum Gasteiger partial charge on any atom is -0.395 e. The number of aliphatic hydroxyl groups is 2. The maximum Gasteiger partial charge on any atom is 0.255 e. The Hall–Kier alpha value is -1.98. The Morgan fingerprint density at radius 3 is 2.53 bits per heavy atom. The number of nitrogens with zero attached hydrogens (tertiary/aromatic N) is 2. The summed E-state index contributed by atoms with van der Waals surface area (Å²) in [5.41, 5.74) is 1.29. The number of para-hydroxylation sites is 1. The number of pyridine rings is 1. The Bertz CT molecular complexity index is 565. The van der Waals surface area contributed by atoms with Crippen LogP contribution in [0.3, 0.4) is 0 Å². The highest BCUT2D eigenvalue weighted by Crippen LogP contribution is 2.14. The number of carbonyl (C=O) groups is 1. The quantitative estimate of drug-likeness (QED) is 0.828. The number of carbonyl (C=O) groups excluding carboxylic acids is 1. The highest BCUT2D eigenvalue weighted by molar-refractivity contribution is 5.97. The van der Waals surface area contributed by atoms with Crippen LogP contribution in [-0.4, -0.2) is 52.3 Å². The van der Waals surface area contributed by atoms with E-state index in [2.05, 4.69) is 4.98 Å². The Labute approximate surface area is 111 Å². The number of hydrogen-bond donors (Lipinski definition) is 2. The lowest BCUT2D eigenvalue weighted by Crippen LogP contribution is -2.35. The van der Waals surface area contributed by atoms with Crippen molar-refractivity contribution < 1.29 is 15.0 Å². The van der Waals surface area contributed by atoms with Gasteiger partial charge in [-0.25, -0.2) is 0 Å². The second kappa shape index (κ2) is 6.26. The molecule has 5 heteroatoms. The molecule has 0 fully saturated rings. The van der Waals surface area contributed by atoms with E-state index in [0.29, 0.717) is 5.56 Å². The van der Waals surface area contributed by atoms with Crippen molar-refractivity contribution in [1.29, 1.82) is 0 Å². The molecule has 1 heterocycles. The van der Waals surface area contributed by atoms with Gasteiger partial charge in [0.15, 0.2) is 0 Å². The van der Waals surface area contributed by atoms with Crippen LogP contribution in [0.2, 0.25) is 0 Å². The third-order valence-corrected chi connectivity index (χ3v) is 2.86. The predicted molar refractivity (Wildman–Crippen MR) is 71.8 cm³/mol. The zero-order valence-corrected chi connectivity index (χ0v) is 10.5. The molecule has 0 aliphatic rings. The second-order valence-electron chi connectivity index (χ2n) is 4.16. The third-order valence-electron chi connectivity index (χ3n) is 2.86. The van der Waals surface area contributed by atoms with E-state index in [-0.39, 0.29) is 32.2 Å². The van der Waals surface area contributed by atoms with Crippen molar-refractivity contribution in [3.8, 4) is 0 Å². The average molecular weight is 260 g/mol. The first-order valence-electron chi connectivity index (χ1n) is 6.12. The van der Waals surface area contributed by atoms with Crippen LogP contribution in [0.1, 0.15) is 10.4 Å². The molecule has 0 radical (unpaired) electrons. The van der Waals surface area contributed by atoms with E-state index in [9.17, 15) is 4.79 Å². The zero-order chi connectivity index (χ0) is 13.7. The van der Waals surface area contributed by atoms with Gasteiger partial charge < -0.3 is 15.1 Å². The van der Waals surface area contributed by atoms with E-state index in [1.54, 1.807) is 6.07 Å². The van der Waals surface area contributed by atoms with Crippen LogP contribution in [0.15, 0.2) is 36.5 Å². The molecule has 0 atom stereocenters. The highest BCUT2D eigenvalue weighted by Gasteiger charge is 2.15. The van der Waals surface area contributed by atoms with Crippen LogP contribution < -0.4 is 0 Å². The number of benzene rings is 1. The molecule has 0 saturated carbocycles. The van der Waals surface area contributed by atoms with Gasteiger partial charge >= 0.3 is 0 Å². The number of aliphatic hydroxyl groups excluding tert-OH is 2. The number of hydrogen-bond acceptors (Lipinski definition) is 4. The summed E-state index contributed by atoms with van der Waals surface area (Å²) in [7, 11) is 0.